The van der Waals surface area contributed by atoms with Gasteiger partial charge in [-0.1, -0.05) is 0 Å². The summed E-state index contributed by atoms with van der Waals surface area (Å²) in [7, 11) is 0. The molecular weight excluding hydrogens is 570 g/mol. The molecule has 0 heterocycles. The molecule has 1 N–H and O–H groups in total. The van der Waals surface area contributed by atoms with E-state index in [4.69, 9.17) is 9.84 Å². The molecule has 0 radical (unpaired) electrons. The number of carbonyl (C=O) groups is 3. The van der Waals surface area contributed by atoms with Gasteiger partial charge in [-0.25, -0.2) is 0 Å². The minimum absolute atomic E-state index is 0.106. The van der Waals surface area contributed by atoms with Crippen LogP contribution in [0.2, 0.25) is 0 Å². The Bertz CT molecular complexity index is 946. The summed E-state index contributed by atoms with van der Waals surface area (Å²) in [4.78, 5) is 33.9. The number of aliphatic carboxylic acids is 1. The first kappa shape index (κ1) is 25.3. The summed E-state index contributed by atoms with van der Waals surface area (Å²) in [6, 6.07) is 9.88. The van der Waals surface area contributed by atoms with Gasteiger partial charge in [-0.3, -0.25) is 0 Å². The molecule has 174 valence electrons. The molecule has 0 saturated heterocycles. The van der Waals surface area contributed by atoms with E-state index in [0.29, 0.717) is 0 Å². The fourth-order valence-corrected chi connectivity index (χ4v) is 8.72. The summed E-state index contributed by atoms with van der Waals surface area (Å²) in [5, 5.41) is 8.61. The van der Waals surface area contributed by atoms with Crippen LogP contribution in [0.4, 0.5) is 26.3 Å². The van der Waals surface area contributed by atoms with Crippen molar-refractivity contribution in [1.82, 2.24) is 0 Å². The molecule has 0 aliphatic rings. The SMILES string of the molecule is O=C(O)COc1ccc([Te](OC(=O)C(F)(F)F)(OC(=O)C(F)(F)F)c2ccccc2)cc1. The molecule has 0 saturated carbocycles. The molecule has 0 atom stereocenters. The first-order valence-electron chi connectivity index (χ1n) is 8.20. The van der Waals surface area contributed by atoms with Crippen molar-refractivity contribution < 1.29 is 56.8 Å². The van der Waals surface area contributed by atoms with Crippen LogP contribution < -0.4 is 12.0 Å². The van der Waals surface area contributed by atoms with E-state index in [1.54, 1.807) is 0 Å². The fraction of sp³-hybridized carbons (Fsp3) is 0.167. The maximum atomic E-state index is 12.9. The van der Waals surface area contributed by atoms with Gasteiger partial charge in [0.25, 0.3) is 0 Å². The van der Waals surface area contributed by atoms with E-state index < -0.39 is 59.5 Å². The van der Waals surface area contributed by atoms with Crippen LogP contribution in [-0.2, 0) is 20.6 Å². The molecule has 0 aliphatic carbocycles. The van der Waals surface area contributed by atoms with Gasteiger partial charge in [-0.2, -0.15) is 0 Å². The third-order valence-electron chi connectivity index (χ3n) is 3.40. The number of carbonyl (C=O) groups excluding carboxylic acids is 2. The second-order valence-electron chi connectivity index (χ2n) is 5.71. The van der Waals surface area contributed by atoms with E-state index >= 15 is 0 Å². The first-order chi connectivity index (χ1) is 14.8. The molecule has 32 heavy (non-hydrogen) atoms. The van der Waals surface area contributed by atoms with E-state index in [-0.39, 0.29) is 9.36 Å². The van der Waals surface area contributed by atoms with Crippen LogP contribution in [0.1, 0.15) is 0 Å². The topological polar surface area (TPSA) is 99.1 Å². The van der Waals surface area contributed by atoms with Gasteiger partial charge in [-0.05, 0) is 0 Å². The second kappa shape index (κ2) is 9.66. The number of ether oxygens (including phenoxy) is 1. The molecule has 7 nitrogen and oxygen atoms in total. The van der Waals surface area contributed by atoms with Crippen LogP contribution in [0.15, 0.2) is 54.6 Å². The number of halogens is 6. The van der Waals surface area contributed by atoms with Gasteiger partial charge in [0.1, 0.15) is 0 Å². The standard InChI is InChI=1S/C18H12F6O7Te/c19-17(20,21)15(27)30-32(12-4-2-1-3-5-12,31-16(28)18(22,23)24)13-8-6-11(7-9-13)29-10-14(25)26/h1-9H,10H2,(H,25,26). The van der Waals surface area contributed by atoms with Crippen molar-refractivity contribution in [3.8, 4) is 5.75 Å². The van der Waals surface area contributed by atoms with Gasteiger partial charge >= 0.3 is 180 Å². The molecule has 0 spiro atoms. The Kier molecular flexibility index (Phi) is 7.63. The van der Waals surface area contributed by atoms with Crippen LogP contribution >= 0.6 is 0 Å². The summed E-state index contributed by atoms with van der Waals surface area (Å²) >= 11 is -6.00. The molecule has 0 bridgehead atoms. The van der Waals surface area contributed by atoms with Crippen LogP contribution in [-0.4, -0.2) is 61.0 Å². The van der Waals surface area contributed by atoms with Gasteiger partial charge < -0.3 is 0 Å². The van der Waals surface area contributed by atoms with Gasteiger partial charge in [0.15, 0.2) is 0 Å². The number of rotatable bonds is 7. The average molecular weight is 582 g/mol. The zero-order chi connectivity index (χ0) is 24.2. The second-order valence-corrected chi connectivity index (χ2v) is 12.2. The Labute approximate surface area is 180 Å². The van der Waals surface area contributed by atoms with Crippen LogP contribution in [0.5, 0.6) is 5.75 Å². The molecule has 0 aliphatic heterocycles. The van der Waals surface area contributed by atoms with Crippen molar-refractivity contribution >= 4 is 44.1 Å². The number of hydrogen-bond donors (Lipinski definition) is 1. The van der Waals surface area contributed by atoms with Gasteiger partial charge in [-0.15, -0.1) is 0 Å². The molecule has 0 fully saturated rings. The first-order valence-corrected chi connectivity index (χ1v) is 12.4. The number of carboxylic acids is 1. The molecule has 0 unspecified atom stereocenters. The summed E-state index contributed by atoms with van der Waals surface area (Å²) in [6.07, 6.45) is -11.2. The monoisotopic (exact) mass is 584 g/mol. The van der Waals surface area contributed by atoms with Gasteiger partial charge in [0.2, 0.25) is 0 Å². The van der Waals surface area contributed by atoms with Crippen molar-refractivity contribution in [1.29, 1.82) is 0 Å². The predicted molar refractivity (Wildman–Crippen MR) is 95.3 cm³/mol. The zero-order valence-corrected chi connectivity index (χ0v) is 17.8. The van der Waals surface area contributed by atoms with Crippen LogP contribution in [0.25, 0.3) is 0 Å². The van der Waals surface area contributed by atoms with Crippen LogP contribution in [0, 0.1) is 0 Å². The Morgan fingerprint density at radius 3 is 1.59 bits per heavy atom. The van der Waals surface area contributed by atoms with Crippen molar-refractivity contribution in [2.75, 3.05) is 6.61 Å². The van der Waals surface area contributed by atoms with E-state index in [2.05, 4.69) is 6.20 Å². The molecule has 14 heteroatoms. The number of alkyl halides is 6. The van der Waals surface area contributed by atoms with Gasteiger partial charge in [0.05, 0.1) is 0 Å². The van der Waals surface area contributed by atoms with Gasteiger partial charge in [0, 0.05) is 0 Å². The summed E-state index contributed by atoms with van der Waals surface area (Å²) < 4.78 is 90.8. The van der Waals surface area contributed by atoms with Crippen molar-refractivity contribution in [3.05, 3.63) is 54.6 Å². The Balaban J connectivity index is 2.65. The fourth-order valence-electron chi connectivity index (χ4n) is 2.11. The molecular formula is C18H12F6O7Te. The quantitative estimate of drug-likeness (QED) is 0.394. The van der Waals surface area contributed by atoms with Crippen molar-refractivity contribution in [3.63, 3.8) is 0 Å². The molecule has 0 aromatic heterocycles. The molecule has 2 rings (SSSR count). The van der Waals surface area contributed by atoms with Crippen molar-refractivity contribution in [2.24, 2.45) is 0 Å². The molecule has 2 aromatic rings. The van der Waals surface area contributed by atoms with E-state index in [9.17, 15) is 40.7 Å². The number of hydrogen-bond acceptors (Lipinski definition) is 6. The molecule has 2 aromatic carbocycles. The summed E-state index contributed by atoms with van der Waals surface area (Å²) in [5.74, 6) is -7.14. The third kappa shape index (κ3) is 6.27. The third-order valence-corrected chi connectivity index (χ3v) is 10.7. The molecule has 0 amide bonds. The summed E-state index contributed by atoms with van der Waals surface area (Å²) in [6.45, 7) is -0.781. The van der Waals surface area contributed by atoms with E-state index in [1.165, 1.54) is 18.2 Å². The van der Waals surface area contributed by atoms with Crippen LogP contribution in [0.3, 0.4) is 0 Å². The maximum absolute atomic E-state index is 12.9. The van der Waals surface area contributed by atoms with E-state index in [0.717, 1.165) is 36.4 Å². The summed E-state index contributed by atoms with van der Waals surface area (Å²) in [5.41, 5.74) is 0. The zero-order valence-electron chi connectivity index (χ0n) is 15.5. The number of carboxylic acid groups (broad SMARTS) is 1. The predicted octanol–water partition coefficient (Wildman–Crippen LogP) is 1.92. The average Bonchev–Trinajstić information content (AvgIpc) is 2.71. The Morgan fingerprint density at radius 1 is 0.750 bits per heavy atom. The normalized spacial score (nSPS) is 12.6. The Hall–Kier alpha value is -2.98. The number of benzene rings is 2. The minimum atomic E-state index is -6.00. The van der Waals surface area contributed by atoms with Crippen molar-refractivity contribution in [2.45, 2.75) is 12.4 Å². The Morgan fingerprint density at radius 2 is 1.19 bits per heavy atom. The van der Waals surface area contributed by atoms with E-state index in [1.807, 2.05) is 0 Å².